The summed E-state index contributed by atoms with van der Waals surface area (Å²) in [4.78, 5) is 2.44. The Morgan fingerprint density at radius 1 is 1.38 bits per heavy atom. The summed E-state index contributed by atoms with van der Waals surface area (Å²) >= 11 is 0. The van der Waals surface area contributed by atoms with E-state index in [4.69, 9.17) is 0 Å². The van der Waals surface area contributed by atoms with Gasteiger partial charge in [-0.15, -0.1) is 0 Å². The van der Waals surface area contributed by atoms with Crippen LogP contribution < -0.4 is 5.32 Å². The molecule has 2 heterocycles. The lowest BCUT2D eigenvalue weighted by molar-refractivity contribution is 0.137. The number of β-amino-alcohol motifs (C(OH)–C–C–N with tert-alkyl or cyclic N) is 1. The SMILES string of the molecule is CC1(C)NCCC1N1CCC(O)C1. The van der Waals surface area contributed by atoms with E-state index in [0.717, 1.165) is 26.1 Å². The van der Waals surface area contributed by atoms with Gasteiger partial charge in [0.05, 0.1) is 6.10 Å². The normalized spacial score (nSPS) is 39.9. The molecule has 0 aliphatic carbocycles. The molecule has 0 aromatic carbocycles. The second kappa shape index (κ2) is 3.23. The number of rotatable bonds is 1. The van der Waals surface area contributed by atoms with Gasteiger partial charge in [0.25, 0.3) is 0 Å². The Labute approximate surface area is 80.1 Å². The Morgan fingerprint density at radius 3 is 2.62 bits per heavy atom. The fourth-order valence-corrected chi connectivity index (χ4v) is 2.70. The van der Waals surface area contributed by atoms with Crippen LogP contribution in [0.15, 0.2) is 0 Å². The second-order valence-electron chi connectivity index (χ2n) is 4.89. The molecule has 2 aliphatic heterocycles. The zero-order chi connectivity index (χ0) is 9.47. The van der Waals surface area contributed by atoms with Gasteiger partial charge in [0, 0.05) is 24.7 Å². The maximum atomic E-state index is 9.47. The summed E-state index contributed by atoms with van der Waals surface area (Å²) in [5.41, 5.74) is 0.226. The molecular formula is C10H20N2O. The number of aliphatic hydroxyl groups excluding tert-OH is 1. The van der Waals surface area contributed by atoms with Crippen LogP contribution in [0, 0.1) is 0 Å². The Balaban J connectivity index is 2.00. The molecule has 0 amide bonds. The van der Waals surface area contributed by atoms with Crippen LogP contribution in [0.2, 0.25) is 0 Å². The van der Waals surface area contributed by atoms with Crippen molar-refractivity contribution in [2.45, 2.75) is 44.4 Å². The molecule has 3 heteroatoms. The van der Waals surface area contributed by atoms with Crippen molar-refractivity contribution in [3.8, 4) is 0 Å². The minimum absolute atomic E-state index is 0.0867. The average Bonchev–Trinajstić information content (AvgIpc) is 2.56. The number of hydrogen-bond acceptors (Lipinski definition) is 3. The van der Waals surface area contributed by atoms with E-state index in [1.807, 2.05) is 0 Å². The van der Waals surface area contributed by atoms with Gasteiger partial charge in [0.1, 0.15) is 0 Å². The van der Waals surface area contributed by atoms with Crippen LogP contribution in [0.5, 0.6) is 0 Å². The standard InChI is InChI=1S/C10H20N2O/c1-10(2)9(3-5-11-10)12-6-4-8(13)7-12/h8-9,11,13H,3-7H2,1-2H3. The van der Waals surface area contributed by atoms with Crippen LogP contribution in [0.1, 0.15) is 26.7 Å². The molecule has 13 heavy (non-hydrogen) atoms. The minimum Gasteiger partial charge on any atom is -0.392 e. The molecule has 2 aliphatic rings. The lowest BCUT2D eigenvalue weighted by atomic mass is 9.96. The summed E-state index contributed by atoms with van der Waals surface area (Å²) in [6.45, 7) is 7.57. The monoisotopic (exact) mass is 184 g/mol. The maximum absolute atomic E-state index is 9.47. The third-order valence-corrected chi connectivity index (χ3v) is 3.47. The van der Waals surface area contributed by atoms with Crippen molar-refractivity contribution in [2.24, 2.45) is 0 Å². The van der Waals surface area contributed by atoms with E-state index in [1.165, 1.54) is 6.42 Å². The van der Waals surface area contributed by atoms with E-state index in [9.17, 15) is 5.11 Å². The molecule has 2 fully saturated rings. The van der Waals surface area contributed by atoms with Gasteiger partial charge in [0.2, 0.25) is 0 Å². The largest absolute Gasteiger partial charge is 0.392 e. The molecule has 2 saturated heterocycles. The first-order valence-corrected chi connectivity index (χ1v) is 5.27. The molecule has 0 bridgehead atoms. The highest BCUT2D eigenvalue weighted by Gasteiger charge is 2.40. The third-order valence-electron chi connectivity index (χ3n) is 3.47. The molecule has 0 saturated carbocycles. The Hall–Kier alpha value is -0.120. The molecule has 0 aromatic heterocycles. The van der Waals surface area contributed by atoms with Crippen LogP contribution in [0.4, 0.5) is 0 Å². The first kappa shape index (κ1) is 9.44. The van der Waals surface area contributed by atoms with E-state index in [1.54, 1.807) is 0 Å². The number of hydrogen-bond donors (Lipinski definition) is 2. The zero-order valence-electron chi connectivity index (χ0n) is 8.58. The first-order chi connectivity index (χ1) is 6.09. The van der Waals surface area contributed by atoms with Gasteiger partial charge in [-0.3, -0.25) is 4.90 Å². The van der Waals surface area contributed by atoms with Gasteiger partial charge in [-0.2, -0.15) is 0 Å². The fraction of sp³-hybridized carbons (Fsp3) is 1.00. The molecule has 2 N–H and O–H groups in total. The van der Waals surface area contributed by atoms with Crippen LogP contribution in [0.3, 0.4) is 0 Å². The minimum atomic E-state index is -0.0867. The fourth-order valence-electron chi connectivity index (χ4n) is 2.70. The van der Waals surface area contributed by atoms with Crippen LogP contribution in [-0.2, 0) is 0 Å². The average molecular weight is 184 g/mol. The molecule has 2 atom stereocenters. The smallest absolute Gasteiger partial charge is 0.0679 e. The molecule has 76 valence electrons. The highest BCUT2D eigenvalue weighted by molar-refractivity contribution is 5.00. The second-order valence-corrected chi connectivity index (χ2v) is 4.89. The van der Waals surface area contributed by atoms with Gasteiger partial charge in [-0.1, -0.05) is 0 Å². The van der Waals surface area contributed by atoms with Crippen LogP contribution >= 0.6 is 0 Å². The zero-order valence-corrected chi connectivity index (χ0v) is 8.58. The number of nitrogens with zero attached hydrogens (tertiary/aromatic N) is 1. The summed E-state index contributed by atoms with van der Waals surface area (Å²) in [5, 5.41) is 13.0. The van der Waals surface area contributed by atoms with Crippen molar-refractivity contribution in [3.05, 3.63) is 0 Å². The van der Waals surface area contributed by atoms with Crippen LogP contribution in [0.25, 0.3) is 0 Å². The van der Waals surface area contributed by atoms with Gasteiger partial charge in [-0.25, -0.2) is 0 Å². The molecule has 3 nitrogen and oxygen atoms in total. The number of nitrogens with one attached hydrogen (secondary N) is 1. The van der Waals surface area contributed by atoms with Crippen molar-refractivity contribution in [1.82, 2.24) is 10.2 Å². The quantitative estimate of drug-likeness (QED) is 0.611. The predicted molar refractivity (Wildman–Crippen MR) is 52.7 cm³/mol. The van der Waals surface area contributed by atoms with Gasteiger partial charge in [0.15, 0.2) is 0 Å². The highest BCUT2D eigenvalue weighted by atomic mass is 16.3. The van der Waals surface area contributed by atoms with Gasteiger partial charge in [-0.05, 0) is 33.2 Å². The third kappa shape index (κ3) is 1.73. The van der Waals surface area contributed by atoms with Crippen LogP contribution in [-0.4, -0.2) is 47.3 Å². The molecule has 0 spiro atoms. The van der Waals surface area contributed by atoms with Gasteiger partial charge >= 0.3 is 0 Å². The lowest BCUT2D eigenvalue weighted by Gasteiger charge is -2.34. The van der Waals surface area contributed by atoms with E-state index < -0.39 is 0 Å². The Bertz CT molecular complexity index is 193. The van der Waals surface area contributed by atoms with E-state index in [2.05, 4.69) is 24.1 Å². The molecular weight excluding hydrogens is 164 g/mol. The van der Waals surface area contributed by atoms with Crippen molar-refractivity contribution in [1.29, 1.82) is 0 Å². The topological polar surface area (TPSA) is 35.5 Å². The molecule has 2 rings (SSSR count). The Kier molecular flexibility index (Phi) is 2.34. The summed E-state index contributed by atoms with van der Waals surface area (Å²) in [6, 6.07) is 0.615. The summed E-state index contributed by atoms with van der Waals surface area (Å²) in [5.74, 6) is 0. The number of likely N-dealkylation sites (tertiary alicyclic amines) is 1. The molecule has 2 unspecified atom stereocenters. The lowest BCUT2D eigenvalue weighted by Crippen LogP contribution is -2.50. The predicted octanol–water partition coefficient (Wildman–Crippen LogP) is 0.193. The van der Waals surface area contributed by atoms with Crippen molar-refractivity contribution >= 4 is 0 Å². The first-order valence-electron chi connectivity index (χ1n) is 5.27. The van der Waals surface area contributed by atoms with Crippen molar-refractivity contribution in [2.75, 3.05) is 19.6 Å². The van der Waals surface area contributed by atoms with E-state index >= 15 is 0 Å². The highest BCUT2D eigenvalue weighted by Crippen LogP contribution is 2.27. The van der Waals surface area contributed by atoms with E-state index in [0.29, 0.717) is 6.04 Å². The summed E-state index contributed by atoms with van der Waals surface area (Å²) in [7, 11) is 0. The van der Waals surface area contributed by atoms with E-state index in [-0.39, 0.29) is 11.6 Å². The summed E-state index contributed by atoms with van der Waals surface area (Å²) in [6.07, 6.45) is 2.09. The summed E-state index contributed by atoms with van der Waals surface area (Å²) < 4.78 is 0. The molecule has 0 aromatic rings. The number of aliphatic hydroxyl groups is 1. The van der Waals surface area contributed by atoms with Crippen molar-refractivity contribution < 1.29 is 5.11 Å². The Morgan fingerprint density at radius 2 is 2.15 bits per heavy atom. The van der Waals surface area contributed by atoms with Gasteiger partial charge < -0.3 is 10.4 Å². The van der Waals surface area contributed by atoms with Crippen molar-refractivity contribution in [3.63, 3.8) is 0 Å². The molecule has 0 radical (unpaired) electrons. The maximum Gasteiger partial charge on any atom is 0.0679 e.